The van der Waals surface area contributed by atoms with Gasteiger partial charge in [0.25, 0.3) is 0 Å². The Morgan fingerprint density at radius 1 is 1.26 bits per heavy atom. The second-order valence-corrected chi connectivity index (χ2v) is 5.55. The Bertz CT molecular complexity index is 583. The molecule has 0 spiro atoms. The van der Waals surface area contributed by atoms with Gasteiger partial charge in [0.05, 0.1) is 6.07 Å². The number of benzene rings is 1. The highest BCUT2D eigenvalue weighted by atomic mass is 32.1. The SMILES string of the molecule is CC(=O)C(C#N)(CCc1cccs1)c1ccccc1. The summed E-state index contributed by atoms with van der Waals surface area (Å²) in [5.41, 5.74) is -0.229. The Morgan fingerprint density at radius 3 is 2.53 bits per heavy atom. The van der Waals surface area contributed by atoms with E-state index in [0.29, 0.717) is 6.42 Å². The summed E-state index contributed by atoms with van der Waals surface area (Å²) in [6, 6.07) is 15.6. The lowest BCUT2D eigenvalue weighted by Gasteiger charge is -2.24. The first-order valence-corrected chi connectivity index (χ1v) is 7.07. The molecule has 0 saturated heterocycles. The van der Waals surface area contributed by atoms with Gasteiger partial charge in [0.15, 0.2) is 5.78 Å². The van der Waals surface area contributed by atoms with E-state index in [2.05, 4.69) is 6.07 Å². The van der Waals surface area contributed by atoms with Crippen LogP contribution < -0.4 is 0 Å². The molecule has 0 aliphatic heterocycles. The summed E-state index contributed by atoms with van der Waals surface area (Å²) in [5.74, 6) is -0.0854. The zero-order valence-electron chi connectivity index (χ0n) is 10.8. The average molecular weight is 269 g/mol. The molecule has 0 amide bonds. The molecule has 19 heavy (non-hydrogen) atoms. The van der Waals surface area contributed by atoms with Crippen LogP contribution in [-0.2, 0) is 16.6 Å². The largest absolute Gasteiger partial charge is 0.298 e. The minimum Gasteiger partial charge on any atom is -0.298 e. The second kappa shape index (κ2) is 5.81. The number of nitriles is 1. The first-order chi connectivity index (χ1) is 9.19. The Hall–Kier alpha value is -1.92. The number of rotatable bonds is 5. The first kappa shape index (κ1) is 13.5. The third-order valence-corrected chi connectivity index (χ3v) is 4.32. The average Bonchev–Trinajstić information content (AvgIpc) is 2.94. The van der Waals surface area contributed by atoms with Gasteiger partial charge >= 0.3 is 0 Å². The van der Waals surface area contributed by atoms with E-state index in [0.717, 1.165) is 12.0 Å². The number of aryl methyl sites for hydroxylation is 1. The lowest BCUT2D eigenvalue weighted by atomic mass is 9.75. The van der Waals surface area contributed by atoms with Gasteiger partial charge < -0.3 is 0 Å². The maximum absolute atomic E-state index is 12.0. The molecular formula is C16H15NOS. The molecule has 3 heteroatoms. The Morgan fingerprint density at radius 2 is 2.00 bits per heavy atom. The van der Waals surface area contributed by atoms with Gasteiger partial charge in [0, 0.05) is 4.88 Å². The van der Waals surface area contributed by atoms with Crippen molar-refractivity contribution in [3.8, 4) is 6.07 Å². The number of ketones is 1. The summed E-state index contributed by atoms with van der Waals surface area (Å²) in [7, 11) is 0. The van der Waals surface area contributed by atoms with Gasteiger partial charge in [-0.15, -0.1) is 11.3 Å². The van der Waals surface area contributed by atoms with Crippen molar-refractivity contribution in [1.82, 2.24) is 0 Å². The predicted octanol–water partition coefficient (Wildman–Crippen LogP) is 3.73. The van der Waals surface area contributed by atoms with Crippen molar-refractivity contribution in [2.75, 3.05) is 0 Å². The van der Waals surface area contributed by atoms with Crippen LogP contribution in [-0.4, -0.2) is 5.78 Å². The quantitative estimate of drug-likeness (QED) is 0.829. The summed E-state index contributed by atoms with van der Waals surface area (Å²) in [6.45, 7) is 1.50. The second-order valence-electron chi connectivity index (χ2n) is 4.52. The minimum absolute atomic E-state index is 0.0854. The third kappa shape index (κ3) is 2.74. The molecule has 2 aromatic rings. The number of nitrogens with zero attached hydrogens (tertiary/aromatic N) is 1. The van der Waals surface area contributed by atoms with Gasteiger partial charge in [0.1, 0.15) is 5.41 Å². The van der Waals surface area contributed by atoms with Gasteiger partial charge in [0.2, 0.25) is 0 Å². The summed E-state index contributed by atoms with van der Waals surface area (Å²) < 4.78 is 0. The molecule has 2 rings (SSSR count). The van der Waals surface area contributed by atoms with E-state index in [4.69, 9.17) is 0 Å². The van der Waals surface area contributed by atoms with Crippen LogP contribution in [0.1, 0.15) is 23.8 Å². The molecule has 1 heterocycles. The molecule has 2 nitrogen and oxygen atoms in total. The predicted molar refractivity (Wildman–Crippen MR) is 77.1 cm³/mol. The summed E-state index contributed by atoms with van der Waals surface area (Å²) >= 11 is 1.66. The number of carbonyl (C=O) groups excluding carboxylic acids is 1. The maximum atomic E-state index is 12.0. The molecule has 0 bridgehead atoms. The highest BCUT2D eigenvalue weighted by molar-refractivity contribution is 7.09. The van der Waals surface area contributed by atoms with Crippen molar-refractivity contribution in [3.05, 3.63) is 58.3 Å². The van der Waals surface area contributed by atoms with Gasteiger partial charge in [-0.25, -0.2) is 0 Å². The van der Waals surface area contributed by atoms with Crippen LogP contribution in [0.5, 0.6) is 0 Å². The smallest absolute Gasteiger partial charge is 0.154 e. The molecule has 0 saturated carbocycles. The van der Waals surface area contributed by atoms with Crippen molar-refractivity contribution < 1.29 is 4.79 Å². The minimum atomic E-state index is -1.02. The van der Waals surface area contributed by atoms with Crippen LogP contribution in [0, 0.1) is 11.3 Å². The fraction of sp³-hybridized carbons (Fsp3) is 0.250. The highest BCUT2D eigenvalue weighted by Crippen LogP contribution is 2.31. The molecule has 1 aromatic carbocycles. The van der Waals surface area contributed by atoms with Crippen molar-refractivity contribution in [2.24, 2.45) is 0 Å². The van der Waals surface area contributed by atoms with E-state index in [9.17, 15) is 10.1 Å². The highest BCUT2D eigenvalue weighted by Gasteiger charge is 2.37. The van der Waals surface area contributed by atoms with E-state index in [1.165, 1.54) is 11.8 Å². The summed E-state index contributed by atoms with van der Waals surface area (Å²) in [5, 5.41) is 11.6. The van der Waals surface area contributed by atoms with Crippen LogP contribution in [0.15, 0.2) is 47.8 Å². The number of hydrogen-bond donors (Lipinski definition) is 0. The van der Waals surface area contributed by atoms with E-state index < -0.39 is 5.41 Å². The topological polar surface area (TPSA) is 40.9 Å². The normalized spacial score (nSPS) is 13.5. The number of thiophene rings is 1. The van der Waals surface area contributed by atoms with E-state index in [1.807, 2.05) is 47.8 Å². The Balaban J connectivity index is 2.30. The fourth-order valence-corrected chi connectivity index (χ4v) is 2.92. The van der Waals surface area contributed by atoms with Crippen molar-refractivity contribution in [1.29, 1.82) is 5.26 Å². The first-order valence-electron chi connectivity index (χ1n) is 6.19. The van der Waals surface area contributed by atoms with Gasteiger partial charge in [-0.1, -0.05) is 36.4 Å². The number of carbonyl (C=O) groups is 1. The third-order valence-electron chi connectivity index (χ3n) is 3.38. The van der Waals surface area contributed by atoms with Crippen LogP contribution in [0.4, 0.5) is 0 Å². The summed E-state index contributed by atoms with van der Waals surface area (Å²) in [6.07, 6.45) is 1.28. The molecule has 1 unspecified atom stereocenters. The molecule has 1 aromatic heterocycles. The van der Waals surface area contributed by atoms with Gasteiger partial charge in [-0.3, -0.25) is 4.79 Å². The van der Waals surface area contributed by atoms with Gasteiger partial charge in [-0.05, 0) is 36.8 Å². The Labute approximate surface area is 117 Å². The van der Waals surface area contributed by atoms with Crippen molar-refractivity contribution >= 4 is 17.1 Å². The van der Waals surface area contributed by atoms with Gasteiger partial charge in [-0.2, -0.15) is 5.26 Å². The van der Waals surface area contributed by atoms with Crippen LogP contribution >= 0.6 is 11.3 Å². The fourth-order valence-electron chi connectivity index (χ4n) is 2.21. The molecular weight excluding hydrogens is 254 g/mol. The molecule has 0 N–H and O–H groups in total. The molecule has 0 aliphatic carbocycles. The van der Waals surface area contributed by atoms with Crippen LogP contribution in [0.3, 0.4) is 0 Å². The maximum Gasteiger partial charge on any atom is 0.154 e. The lowest BCUT2D eigenvalue weighted by molar-refractivity contribution is -0.120. The lowest BCUT2D eigenvalue weighted by Crippen LogP contribution is -2.33. The standard InChI is InChI=1S/C16H15NOS/c1-13(18)16(12-17,14-6-3-2-4-7-14)10-9-15-8-5-11-19-15/h2-8,11H,9-10H2,1H3. The van der Waals surface area contributed by atoms with Crippen molar-refractivity contribution in [2.45, 2.75) is 25.2 Å². The molecule has 96 valence electrons. The van der Waals surface area contributed by atoms with E-state index in [1.54, 1.807) is 11.3 Å². The van der Waals surface area contributed by atoms with E-state index >= 15 is 0 Å². The molecule has 0 aliphatic rings. The molecule has 0 fully saturated rings. The molecule has 0 radical (unpaired) electrons. The van der Waals surface area contributed by atoms with Crippen LogP contribution in [0.2, 0.25) is 0 Å². The monoisotopic (exact) mass is 269 g/mol. The van der Waals surface area contributed by atoms with E-state index in [-0.39, 0.29) is 5.78 Å². The zero-order chi connectivity index (χ0) is 13.7. The zero-order valence-corrected chi connectivity index (χ0v) is 11.6. The number of hydrogen-bond acceptors (Lipinski definition) is 3. The van der Waals surface area contributed by atoms with Crippen LogP contribution in [0.25, 0.3) is 0 Å². The van der Waals surface area contributed by atoms with Crippen molar-refractivity contribution in [3.63, 3.8) is 0 Å². The number of Topliss-reactive ketones (excluding diaryl/α,β-unsaturated/α-hetero) is 1. The summed E-state index contributed by atoms with van der Waals surface area (Å²) in [4.78, 5) is 13.2. The molecule has 1 atom stereocenters. The Kier molecular flexibility index (Phi) is 4.13.